The van der Waals surface area contributed by atoms with E-state index >= 15 is 0 Å². The Balaban J connectivity index is 0.00000450. The quantitative estimate of drug-likeness (QED) is 0.212. The molecule has 1 aromatic carbocycles. The molecule has 0 spiro atoms. The van der Waals surface area contributed by atoms with Gasteiger partial charge >= 0.3 is 35.5 Å². The number of rotatable bonds is 12. The van der Waals surface area contributed by atoms with Crippen LogP contribution in [-0.4, -0.2) is 91.9 Å². The van der Waals surface area contributed by atoms with E-state index in [1.165, 1.54) is 11.8 Å². The SMILES string of the molecule is O=C(O)CCC/C=C\C[C@@H]1[C@@H](SC[C@@H](O)COc2cccc(Cl)c2)[C@H](O)C[C@@H]1O.[NaH]. The number of benzene rings is 1. The summed E-state index contributed by atoms with van der Waals surface area (Å²) >= 11 is 7.35. The van der Waals surface area contributed by atoms with Crippen molar-refractivity contribution < 1.29 is 30.0 Å². The predicted octanol–water partition coefficient (Wildman–Crippen LogP) is 2.48. The number of aliphatic carboxylic acids is 1. The second-order valence-electron chi connectivity index (χ2n) is 7.25. The Labute approximate surface area is 209 Å². The number of hydrogen-bond acceptors (Lipinski definition) is 6. The number of aliphatic hydroxyl groups is 3. The fourth-order valence-electron chi connectivity index (χ4n) is 3.35. The number of unbranched alkanes of at least 4 members (excludes halogenated alkanes) is 1. The number of allylic oxidation sites excluding steroid dienone is 2. The first-order chi connectivity index (χ1) is 13.9. The van der Waals surface area contributed by atoms with Gasteiger partial charge in [0.05, 0.1) is 18.3 Å². The van der Waals surface area contributed by atoms with Crippen molar-refractivity contribution >= 4 is 58.9 Å². The zero-order chi connectivity index (χ0) is 21.2. The first-order valence-electron chi connectivity index (χ1n) is 9.77. The molecule has 1 saturated carbocycles. The molecule has 1 aliphatic carbocycles. The van der Waals surface area contributed by atoms with Gasteiger partial charge < -0.3 is 25.2 Å². The molecule has 0 amide bonds. The van der Waals surface area contributed by atoms with Crippen LogP contribution in [0.1, 0.15) is 32.1 Å². The topological polar surface area (TPSA) is 107 Å². The van der Waals surface area contributed by atoms with Crippen molar-refractivity contribution in [3.63, 3.8) is 0 Å². The normalized spacial score (nSPS) is 24.5. The fourth-order valence-corrected chi connectivity index (χ4v) is 4.94. The van der Waals surface area contributed by atoms with Crippen LogP contribution in [0.15, 0.2) is 36.4 Å². The molecule has 0 heterocycles. The van der Waals surface area contributed by atoms with Crippen LogP contribution in [-0.2, 0) is 4.79 Å². The molecule has 4 N–H and O–H groups in total. The number of hydrogen-bond donors (Lipinski definition) is 4. The Morgan fingerprint density at radius 3 is 2.77 bits per heavy atom. The molecule has 9 heteroatoms. The zero-order valence-corrected chi connectivity index (χ0v) is 17.8. The van der Waals surface area contributed by atoms with Gasteiger partial charge in [-0.1, -0.05) is 29.8 Å². The number of halogens is 1. The van der Waals surface area contributed by atoms with Crippen molar-refractivity contribution in [1.29, 1.82) is 0 Å². The molecule has 0 saturated heterocycles. The van der Waals surface area contributed by atoms with Gasteiger partial charge in [-0.15, -0.1) is 0 Å². The van der Waals surface area contributed by atoms with Crippen LogP contribution in [0, 0.1) is 5.92 Å². The summed E-state index contributed by atoms with van der Waals surface area (Å²) < 4.78 is 5.55. The Hall–Kier alpha value is -0.250. The number of aliphatic hydroxyl groups excluding tert-OH is 3. The molecular formula is C21H30ClNaO6S. The number of ether oxygens (including phenoxy) is 1. The third-order valence-electron chi connectivity index (χ3n) is 4.83. The summed E-state index contributed by atoms with van der Waals surface area (Å²) in [6, 6.07) is 6.96. The maximum atomic E-state index is 10.5. The van der Waals surface area contributed by atoms with Gasteiger partial charge in [0.15, 0.2) is 0 Å². The molecular weight excluding hydrogens is 439 g/mol. The minimum absolute atomic E-state index is 0. The summed E-state index contributed by atoms with van der Waals surface area (Å²) in [5, 5.41) is 39.8. The van der Waals surface area contributed by atoms with Gasteiger partial charge in [-0.25, -0.2) is 0 Å². The number of carbonyl (C=O) groups is 1. The van der Waals surface area contributed by atoms with Gasteiger partial charge in [0.2, 0.25) is 0 Å². The first-order valence-corrected chi connectivity index (χ1v) is 11.2. The summed E-state index contributed by atoms with van der Waals surface area (Å²) in [5.41, 5.74) is 0. The molecule has 6 nitrogen and oxygen atoms in total. The molecule has 0 aromatic heterocycles. The number of carboxylic acids is 1. The number of carboxylic acid groups (broad SMARTS) is 1. The van der Waals surface area contributed by atoms with E-state index in [0.717, 1.165) is 0 Å². The second-order valence-corrected chi connectivity index (χ2v) is 8.89. The van der Waals surface area contributed by atoms with Crippen LogP contribution >= 0.6 is 23.4 Å². The van der Waals surface area contributed by atoms with E-state index in [9.17, 15) is 20.1 Å². The standard InChI is InChI=1S/C21H29ClO6S.Na.H/c22-14-6-5-7-16(10-14)28-12-15(23)13-29-21-17(18(24)11-19(21)25)8-3-1-2-4-9-20(26)27;;/h1,3,5-7,10,15,17-19,21,23-25H,2,4,8-9,11-13H2,(H,26,27);;/b3-1-;;/t15-,17-,18-,19+,21+;;/m0../s1. The Kier molecular flexibility index (Phi) is 13.7. The van der Waals surface area contributed by atoms with Gasteiger partial charge in [0, 0.05) is 34.8 Å². The molecule has 30 heavy (non-hydrogen) atoms. The van der Waals surface area contributed by atoms with Crippen LogP contribution in [0.2, 0.25) is 5.02 Å². The van der Waals surface area contributed by atoms with Crippen LogP contribution in [0.3, 0.4) is 0 Å². The summed E-state index contributed by atoms with van der Waals surface area (Å²) in [4.78, 5) is 10.5. The molecule has 2 rings (SSSR count). The zero-order valence-electron chi connectivity index (χ0n) is 16.2. The number of thioether (sulfide) groups is 1. The molecule has 1 aliphatic rings. The molecule has 1 aromatic rings. The first kappa shape index (κ1) is 27.8. The van der Waals surface area contributed by atoms with Gasteiger partial charge in [-0.2, -0.15) is 11.8 Å². The predicted molar refractivity (Wildman–Crippen MR) is 122 cm³/mol. The summed E-state index contributed by atoms with van der Waals surface area (Å²) in [7, 11) is 0. The molecule has 1 fully saturated rings. The van der Waals surface area contributed by atoms with Crippen LogP contribution in [0.4, 0.5) is 0 Å². The van der Waals surface area contributed by atoms with E-state index in [0.29, 0.717) is 42.2 Å². The van der Waals surface area contributed by atoms with Crippen LogP contribution in [0.5, 0.6) is 5.75 Å². The van der Waals surface area contributed by atoms with Crippen LogP contribution < -0.4 is 4.74 Å². The summed E-state index contributed by atoms with van der Waals surface area (Å²) in [5.74, 6) is 0.0612. The van der Waals surface area contributed by atoms with E-state index < -0.39 is 24.3 Å². The van der Waals surface area contributed by atoms with Crippen molar-refractivity contribution in [1.82, 2.24) is 0 Å². The van der Waals surface area contributed by atoms with Crippen molar-refractivity contribution in [2.75, 3.05) is 12.4 Å². The van der Waals surface area contributed by atoms with Gasteiger partial charge in [-0.05, 0) is 37.5 Å². The van der Waals surface area contributed by atoms with Gasteiger partial charge in [-0.3, -0.25) is 4.79 Å². The molecule has 164 valence electrons. The molecule has 0 bridgehead atoms. The molecule has 5 atom stereocenters. The third-order valence-corrected chi connectivity index (χ3v) is 6.70. The Bertz CT molecular complexity index is 677. The second kappa shape index (κ2) is 14.7. The third kappa shape index (κ3) is 9.92. The minimum atomic E-state index is -0.804. The average molecular weight is 469 g/mol. The maximum absolute atomic E-state index is 10.5. The fraction of sp³-hybridized carbons (Fsp3) is 0.571. The van der Waals surface area contributed by atoms with E-state index in [1.54, 1.807) is 24.3 Å². The van der Waals surface area contributed by atoms with E-state index in [1.807, 2.05) is 12.2 Å². The van der Waals surface area contributed by atoms with Crippen molar-refractivity contribution in [2.24, 2.45) is 5.92 Å². The van der Waals surface area contributed by atoms with Crippen molar-refractivity contribution in [3.8, 4) is 5.75 Å². The summed E-state index contributed by atoms with van der Waals surface area (Å²) in [6.07, 6.45) is 4.28. The van der Waals surface area contributed by atoms with Crippen LogP contribution in [0.25, 0.3) is 0 Å². The monoisotopic (exact) mass is 468 g/mol. The van der Waals surface area contributed by atoms with Gasteiger partial charge in [0.1, 0.15) is 12.4 Å². The Morgan fingerprint density at radius 1 is 1.30 bits per heavy atom. The van der Waals surface area contributed by atoms with E-state index in [-0.39, 0.29) is 53.8 Å². The van der Waals surface area contributed by atoms with E-state index in [4.69, 9.17) is 21.4 Å². The molecule has 0 radical (unpaired) electrons. The average Bonchev–Trinajstić information content (AvgIpc) is 2.93. The molecule has 0 unspecified atom stereocenters. The molecule has 0 aliphatic heterocycles. The Morgan fingerprint density at radius 2 is 2.07 bits per heavy atom. The van der Waals surface area contributed by atoms with Gasteiger partial charge in [0.25, 0.3) is 0 Å². The van der Waals surface area contributed by atoms with Crippen molar-refractivity contribution in [2.45, 2.75) is 55.7 Å². The summed E-state index contributed by atoms with van der Waals surface area (Å²) in [6.45, 7) is 0.118. The van der Waals surface area contributed by atoms with Crippen molar-refractivity contribution in [3.05, 3.63) is 41.4 Å². The van der Waals surface area contributed by atoms with E-state index in [2.05, 4.69) is 0 Å².